The van der Waals surface area contributed by atoms with Crippen LogP contribution in [0.15, 0.2) is 12.4 Å². The van der Waals surface area contributed by atoms with Crippen molar-refractivity contribution >= 4 is 0 Å². The van der Waals surface area contributed by atoms with Crippen molar-refractivity contribution in [3.63, 3.8) is 0 Å². The summed E-state index contributed by atoms with van der Waals surface area (Å²) in [6.45, 7) is 13.3. The summed E-state index contributed by atoms with van der Waals surface area (Å²) in [5, 5.41) is 12.4. The quantitative estimate of drug-likeness (QED) is 0.879. The van der Waals surface area contributed by atoms with Crippen molar-refractivity contribution in [2.75, 3.05) is 0 Å². The van der Waals surface area contributed by atoms with Crippen molar-refractivity contribution in [1.29, 1.82) is 0 Å². The molecule has 1 atom stereocenters. The van der Waals surface area contributed by atoms with E-state index in [0.29, 0.717) is 6.04 Å². The summed E-state index contributed by atoms with van der Waals surface area (Å²) in [6, 6.07) is 0.373. The highest BCUT2D eigenvalue weighted by Gasteiger charge is 2.11. The summed E-state index contributed by atoms with van der Waals surface area (Å²) in [5.74, 6) is 0. The molecule has 110 valence electrons. The van der Waals surface area contributed by atoms with Gasteiger partial charge in [-0.05, 0) is 40.2 Å². The van der Waals surface area contributed by atoms with Gasteiger partial charge in [-0.15, -0.1) is 0 Å². The number of aryl methyl sites for hydroxylation is 3. The van der Waals surface area contributed by atoms with Crippen LogP contribution in [0.1, 0.15) is 36.4 Å². The van der Waals surface area contributed by atoms with Gasteiger partial charge in [0, 0.05) is 36.6 Å². The zero-order valence-electron chi connectivity index (χ0n) is 13.1. The number of hydrogen-bond donors (Lipinski definition) is 1. The average Bonchev–Trinajstić information content (AvgIpc) is 2.92. The highest BCUT2D eigenvalue weighted by atomic mass is 15.3. The Hall–Kier alpha value is -1.62. The van der Waals surface area contributed by atoms with E-state index in [1.165, 1.54) is 16.8 Å². The molecule has 0 amide bonds. The van der Waals surface area contributed by atoms with Crippen molar-refractivity contribution in [3.8, 4) is 0 Å². The van der Waals surface area contributed by atoms with Crippen molar-refractivity contribution < 1.29 is 0 Å². The lowest BCUT2D eigenvalue weighted by Gasteiger charge is -2.14. The fourth-order valence-corrected chi connectivity index (χ4v) is 2.49. The summed E-state index contributed by atoms with van der Waals surface area (Å²) >= 11 is 0. The van der Waals surface area contributed by atoms with Crippen LogP contribution in [-0.4, -0.2) is 25.6 Å². The van der Waals surface area contributed by atoms with Crippen molar-refractivity contribution in [3.05, 3.63) is 34.9 Å². The fourth-order valence-electron chi connectivity index (χ4n) is 2.49. The molecule has 5 nitrogen and oxygen atoms in total. The van der Waals surface area contributed by atoms with Gasteiger partial charge in [-0.2, -0.15) is 10.2 Å². The first-order chi connectivity index (χ1) is 9.51. The van der Waals surface area contributed by atoms with Gasteiger partial charge in [0.05, 0.1) is 18.4 Å². The third-order valence-corrected chi connectivity index (χ3v) is 3.68. The lowest BCUT2D eigenvalue weighted by Crippen LogP contribution is -2.30. The Balaban J connectivity index is 1.93. The van der Waals surface area contributed by atoms with E-state index >= 15 is 0 Å². The molecular formula is C15H25N5. The molecule has 0 radical (unpaired) electrons. The van der Waals surface area contributed by atoms with E-state index in [-0.39, 0.29) is 0 Å². The van der Waals surface area contributed by atoms with Crippen LogP contribution in [0.2, 0.25) is 0 Å². The molecule has 0 aromatic carbocycles. The minimum absolute atomic E-state index is 0.373. The largest absolute Gasteiger partial charge is 0.308 e. The molecule has 2 aromatic heterocycles. The SMILES string of the molecule is CCn1nc(C)c(CN[C@H](C)Cn2cc(C)cn2)c1C. The second-order valence-corrected chi connectivity index (χ2v) is 5.49. The number of nitrogens with zero attached hydrogens (tertiary/aromatic N) is 4. The van der Waals surface area contributed by atoms with Gasteiger partial charge in [0.25, 0.3) is 0 Å². The maximum Gasteiger partial charge on any atom is 0.0641 e. The van der Waals surface area contributed by atoms with Gasteiger partial charge in [0.15, 0.2) is 0 Å². The van der Waals surface area contributed by atoms with Crippen LogP contribution >= 0.6 is 0 Å². The lowest BCUT2D eigenvalue weighted by atomic mass is 10.2. The van der Waals surface area contributed by atoms with Gasteiger partial charge in [-0.3, -0.25) is 9.36 Å². The summed E-state index contributed by atoms with van der Waals surface area (Å²) in [6.07, 6.45) is 3.97. The number of rotatable bonds is 6. The van der Waals surface area contributed by atoms with Gasteiger partial charge in [-0.1, -0.05) is 0 Å². The van der Waals surface area contributed by atoms with Gasteiger partial charge in [0.2, 0.25) is 0 Å². The first-order valence-electron chi connectivity index (χ1n) is 7.26. The molecule has 0 aliphatic rings. The number of nitrogens with one attached hydrogen (secondary N) is 1. The van der Waals surface area contributed by atoms with Crippen LogP contribution in [-0.2, 0) is 19.6 Å². The summed E-state index contributed by atoms with van der Waals surface area (Å²) in [7, 11) is 0. The van der Waals surface area contributed by atoms with Gasteiger partial charge in [-0.25, -0.2) is 0 Å². The third-order valence-electron chi connectivity index (χ3n) is 3.68. The third kappa shape index (κ3) is 3.28. The van der Waals surface area contributed by atoms with Crippen molar-refractivity contribution in [2.24, 2.45) is 0 Å². The Morgan fingerprint density at radius 3 is 2.60 bits per heavy atom. The molecule has 0 saturated carbocycles. The van der Waals surface area contributed by atoms with Crippen molar-refractivity contribution in [1.82, 2.24) is 24.9 Å². The minimum atomic E-state index is 0.373. The average molecular weight is 275 g/mol. The number of aromatic nitrogens is 4. The maximum atomic E-state index is 4.55. The predicted octanol–water partition coefficient (Wildman–Crippen LogP) is 2.20. The van der Waals surface area contributed by atoms with Crippen LogP contribution in [0.3, 0.4) is 0 Å². The standard InChI is InChI=1S/C15H25N5/c1-6-20-14(5)15(13(4)18-20)8-16-12(3)10-19-9-11(2)7-17-19/h7,9,12,16H,6,8,10H2,1-5H3/t12-/m1/s1. The molecule has 0 aliphatic carbocycles. The van der Waals surface area contributed by atoms with E-state index < -0.39 is 0 Å². The molecule has 2 aromatic rings. The van der Waals surface area contributed by atoms with Crippen LogP contribution in [0.5, 0.6) is 0 Å². The molecule has 0 fully saturated rings. The highest BCUT2D eigenvalue weighted by molar-refractivity contribution is 5.24. The Bertz CT molecular complexity index is 567. The maximum absolute atomic E-state index is 4.55. The Morgan fingerprint density at radius 2 is 2.05 bits per heavy atom. The molecule has 0 aliphatic heterocycles. The topological polar surface area (TPSA) is 47.7 Å². The van der Waals surface area contributed by atoms with Crippen LogP contribution in [0.4, 0.5) is 0 Å². The number of hydrogen-bond acceptors (Lipinski definition) is 3. The van der Waals surface area contributed by atoms with Crippen molar-refractivity contribution in [2.45, 2.75) is 60.3 Å². The van der Waals surface area contributed by atoms with E-state index in [9.17, 15) is 0 Å². The van der Waals surface area contributed by atoms with E-state index in [1.54, 1.807) is 0 Å². The first-order valence-corrected chi connectivity index (χ1v) is 7.26. The van der Waals surface area contributed by atoms with E-state index in [2.05, 4.69) is 61.0 Å². The van der Waals surface area contributed by atoms with E-state index in [4.69, 9.17) is 0 Å². The zero-order valence-corrected chi connectivity index (χ0v) is 13.1. The summed E-state index contributed by atoms with van der Waals surface area (Å²) in [5.41, 5.74) is 4.90. The lowest BCUT2D eigenvalue weighted by molar-refractivity contribution is 0.449. The molecule has 0 unspecified atom stereocenters. The monoisotopic (exact) mass is 275 g/mol. The molecule has 0 saturated heterocycles. The summed E-state index contributed by atoms with van der Waals surface area (Å²) in [4.78, 5) is 0. The second-order valence-electron chi connectivity index (χ2n) is 5.49. The Kier molecular flexibility index (Phi) is 4.60. The molecule has 0 bridgehead atoms. The van der Waals surface area contributed by atoms with Gasteiger partial charge >= 0.3 is 0 Å². The van der Waals surface area contributed by atoms with Gasteiger partial charge < -0.3 is 5.32 Å². The first kappa shape index (κ1) is 14.8. The van der Waals surface area contributed by atoms with Gasteiger partial charge in [0.1, 0.15) is 0 Å². The predicted molar refractivity (Wildman–Crippen MR) is 80.6 cm³/mol. The molecule has 1 N–H and O–H groups in total. The molecule has 20 heavy (non-hydrogen) atoms. The Morgan fingerprint density at radius 1 is 1.30 bits per heavy atom. The molecular weight excluding hydrogens is 250 g/mol. The second kappa shape index (κ2) is 6.22. The fraction of sp³-hybridized carbons (Fsp3) is 0.600. The van der Waals surface area contributed by atoms with Crippen LogP contribution in [0.25, 0.3) is 0 Å². The normalized spacial score (nSPS) is 12.8. The minimum Gasteiger partial charge on any atom is -0.308 e. The molecule has 0 spiro atoms. The highest BCUT2D eigenvalue weighted by Crippen LogP contribution is 2.13. The molecule has 2 rings (SSSR count). The zero-order chi connectivity index (χ0) is 14.7. The van der Waals surface area contributed by atoms with E-state index in [0.717, 1.165) is 25.3 Å². The Labute approximate surface area is 121 Å². The smallest absolute Gasteiger partial charge is 0.0641 e. The van der Waals surface area contributed by atoms with Crippen LogP contribution < -0.4 is 5.32 Å². The molecule has 5 heteroatoms. The van der Waals surface area contributed by atoms with E-state index in [1.807, 2.05) is 10.9 Å². The van der Waals surface area contributed by atoms with Crippen LogP contribution in [0, 0.1) is 20.8 Å². The summed E-state index contributed by atoms with van der Waals surface area (Å²) < 4.78 is 4.05. The molecule has 2 heterocycles.